The molecule has 3 aromatic rings. The van der Waals surface area contributed by atoms with Gasteiger partial charge in [-0.05, 0) is 60.9 Å². The second-order valence-corrected chi connectivity index (χ2v) is 8.86. The fourth-order valence-corrected chi connectivity index (χ4v) is 5.01. The van der Waals surface area contributed by atoms with E-state index in [1.54, 1.807) is 12.1 Å². The molecule has 1 saturated carbocycles. The van der Waals surface area contributed by atoms with E-state index in [1.165, 1.54) is 23.1 Å². The number of piperidine rings is 1. The highest BCUT2D eigenvalue weighted by Gasteiger charge is 2.58. The van der Waals surface area contributed by atoms with Crippen LogP contribution >= 0.6 is 0 Å². The summed E-state index contributed by atoms with van der Waals surface area (Å²) in [5.41, 5.74) is 2.78. The highest BCUT2D eigenvalue weighted by Crippen LogP contribution is 2.59. The molecule has 2 aliphatic rings. The van der Waals surface area contributed by atoms with Crippen LogP contribution in [0.4, 0.5) is 10.1 Å². The summed E-state index contributed by atoms with van der Waals surface area (Å²) in [6, 6.07) is 14.1. The largest absolute Gasteiger partial charge is 0.361 e. The van der Waals surface area contributed by atoms with E-state index in [0.717, 1.165) is 31.2 Å². The third kappa shape index (κ3) is 3.94. The Labute approximate surface area is 180 Å². The van der Waals surface area contributed by atoms with Crippen molar-refractivity contribution in [2.75, 3.05) is 18.4 Å². The van der Waals surface area contributed by atoms with Gasteiger partial charge in [-0.15, -0.1) is 0 Å². The number of aromatic nitrogens is 1. The lowest BCUT2D eigenvalue weighted by Crippen LogP contribution is -2.40. The number of nitrogens with one attached hydrogen (secondary N) is 2. The molecule has 1 saturated heterocycles. The minimum Gasteiger partial charge on any atom is -0.361 e. The maximum atomic E-state index is 13.3. The standard InChI is InChI=1S/C25H26FN3O2/c26-18-4-3-5-19(14-18)28-24(31)21-15-25(21)10-12-29(13-11-25)23(30)9-8-17-16-27-22-7-2-1-6-20(17)22/h1-7,14,16,21,27H,8-13,15H2,(H,28,31). The lowest BCUT2D eigenvalue weighted by molar-refractivity contribution is -0.132. The first-order valence-corrected chi connectivity index (χ1v) is 10.9. The van der Waals surface area contributed by atoms with Crippen LogP contribution in [0.3, 0.4) is 0 Å². The summed E-state index contributed by atoms with van der Waals surface area (Å²) in [7, 11) is 0. The van der Waals surface area contributed by atoms with E-state index >= 15 is 0 Å². The van der Waals surface area contributed by atoms with Gasteiger partial charge in [0.2, 0.25) is 11.8 Å². The minimum atomic E-state index is -0.359. The minimum absolute atomic E-state index is 0.00499. The third-order valence-corrected chi connectivity index (χ3v) is 6.99. The molecule has 1 unspecified atom stereocenters. The monoisotopic (exact) mass is 419 g/mol. The molecule has 1 aliphatic heterocycles. The molecule has 2 heterocycles. The Morgan fingerprint density at radius 2 is 1.94 bits per heavy atom. The average molecular weight is 420 g/mol. The molecule has 1 aromatic heterocycles. The Hall–Kier alpha value is -3.15. The summed E-state index contributed by atoms with van der Waals surface area (Å²) in [5.74, 6) is -0.256. The summed E-state index contributed by atoms with van der Waals surface area (Å²) in [6.45, 7) is 1.41. The lowest BCUT2D eigenvalue weighted by atomic mass is 9.90. The number of fused-ring (bicyclic) bond motifs is 1. The van der Waals surface area contributed by atoms with Crippen molar-refractivity contribution in [3.8, 4) is 0 Å². The molecule has 1 atom stereocenters. The zero-order valence-corrected chi connectivity index (χ0v) is 17.4. The van der Waals surface area contributed by atoms with Gasteiger partial charge in [0.25, 0.3) is 0 Å². The highest BCUT2D eigenvalue weighted by molar-refractivity contribution is 5.95. The number of rotatable bonds is 5. The van der Waals surface area contributed by atoms with E-state index in [4.69, 9.17) is 0 Å². The van der Waals surface area contributed by atoms with Gasteiger partial charge in [-0.2, -0.15) is 0 Å². The second-order valence-electron chi connectivity index (χ2n) is 8.86. The van der Waals surface area contributed by atoms with Gasteiger partial charge in [-0.25, -0.2) is 4.39 Å². The van der Waals surface area contributed by atoms with Crippen LogP contribution in [-0.4, -0.2) is 34.8 Å². The fourth-order valence-electron chi connectivity index (χ4n) is 5.01. The smallest absolute Gasteiger partial charge is 0.228 e. The summed E-state index contributed by atoms with van der Waals surface area (Å²) in [5, 5.41) is 4.02. The predicted octanol–water partition coefficient (Wildman–Crippen LogP) is 4.51. The molecule has 160 valence electrons. The number of benzene rings is 2. The van der Waals surface area contributed by atoms with Crippen LogP contribution in [0.25, 0.3) is 10.9 Å². The van der Waals surface area contributed by atoms with Crippen LogP contribution in [-0.2, 0) is 16.0 Å². The van der Waals surface area contributed by atoms with Crippen LogP contribution in [0.5, 0.6) is 0 Å². The van der Waals surface area contributed by atoms with Crippen LogP contribution in [0, 0.1) is 17.2 Å². The Morgan fingerprint density at radius 3 is 2.74 bits per heavy atom. The van der Waals surface area contributed by atoms with E-state index in [2.05, 4.69) is 16.4 Å². The molecule has 2 amide bonds. The molecule has 1 aliphatic carbocycles. The molecule has 0 bridgehead atoms. The number of likely N-dealkylation sites (tertiary alicyclic amines) is 1. The number of para-hydroxylation sites is 1. The van der Waals surface area contributed by atoms with Crippen molar-refractivity contribution in [3.63, 3.8) is 0 Å². The van der Waals surface area contributed by atoms with Crippen LogP contribution in [0.1, 0.15) is 31.2 Å². The molecule has 5 rings (SSSR count). The summed E-state index contributed by atoms with van der Waals surface area (Å²) in [6.07, 6.45) is 5.78. The van der Waals surface area contributed by atoms with Gasteiger partial charge >= 0.3 is 0 Å². The Bertz CT molecular complexity index is 1130. The SMILES string of the molecule is O=C(Nc1cccc(F)c1)C1CC12CCN(C(=O)CCc1c[nH]c3ccccc13)CC2. The van der Waals surface area contributed by atoms with Gasteiger partial charge in [0.15, 0.2) is 0 Å². The third-order valence-electron chi connectivity index (χ3n) is 6.99. The van der Waals surface area contributed by atoms with Crippen LogP contribution in [0.2, 0.25) is 0 Å². The number of carbonyl (C=O) groups is 2. The number of halogens is 1. The summed E-state index contributed by atoms with van der Waals surface area (Å²) >= 11 is 0. The van der Waals surface area contributed by atoms with E-state index in [-0.39, 0.29) is 29.0 Å². The normalized spacial score (nSPS) is 19.5. The van der Waals surface area contributed by atoms with E-state index in [0.29, 0.717) is 25.2 Å². The molecular formula is C25H26FN3O2. The zero-order chi connectivity index (χ0) is 21.4. The number of H-pyrrole nitrogens is 1. The zero-order valence-electron chi connectivity index (χ0n) is 17.4. The number of anilines is 1. The first-order chi connectivity index (χ1) is 15.0. The predicted molar refractivity (Wildman–Crippen MR) is 118 cm³/mol. The van der Waals surface area contributed by atoms with Crippen molar-refractivity contribution in [1.29, 1.82) is 0 Å². The Balaban J connectivity index is 1.12. The molecule has 5 nitrogen and oxygen atoms in total. The maximum absolute atomic E-state index is 13.3. The number of amides is 2. The highest BCUT2D eigenvalue weighted by atomic mass is 19.1. The van der Waals surface area contributed by atoms with Gasteiger partial charge in [0, 0.05) is 48.2 Å². The number of nitrogens with zero attached hydrogens (tertiary/aromatic N) is 1. The number of carbonyl (C=O) groups excluding carboxylic acids is 2. The first kappa shape index (κ1) is 19.8. The molecule has 1 spiro atoms. The number of aryl methyl sites for hydroxylation is 1. The van der Waals surface area contributed by atoms with E-state index in [9.17, 15) is 14.0 Å². The van der Waals surface area contributed by atoms with Gasteiger partial charge in [-0.1, -0.05) is 24.3 Å². The second kappa shape index (κ2) is 7.84. The number of hydrogen-bond donors (Lipinski definition) is 2. The lowest BCUT2D eigenvalue weighted by Gasteiger charge is -2.33. The quantitative estimate of drug-likeness (QED) is 0.639. The molecule has 0 radical (unpaired) electrons. The molecule has 2 fully saturated rings. The van der Waals surface area contributed by atoms with Crippen LogP contribution in [0.15, 0.2) is 54.7 Å². The topological polar surface area (TPSA) is 65.2 Å². The average Bonchev–Trinajstić information content (AvgIpc) is 3.31. The van der Waals surface area contributed by atoms with E-state index < -0.39 is 0 Å². The van der Waals surface area contributed by atoms with Crippen molar-refractivity contribution < 1.29 is 14.0 Å². The maximum Gasteiger partial charge on any atom is 0.228 e. The van der Waals surface area contributed by atoms with Gasteiger partial charge in [0.1, 0.15) is 5.82 Å². The Kier molecular flexibility index (Phi) is 5.00. The molecular weight excluding hydrogens is 393 g/mol. The number of aromatic amines is 1. The Morgan fingerprint density at radius 1 is 1.13 bits per heavy atom. The summed E-state index contributed by atoms with van der Waals surface area (Å²) in [4.78, 5) is 30.6. The van der Waals surface area contributed by atoms with Crippen molar-refractivity contribution in [2.24, 2.45) is 11.3 Å². The van der Waals surface area contributed by atoms with Crippen molar-refractivity contribution in [2.45, 2.75) is 32.1 Å². The molecule has 2 aromatic carbocycles. The van der Waals surface area contributed by atoms with Crippen molar-refractivity contribution in [3.05, 3.63) is 66.1 Å². The van der Waals surface area contributed by atoms with Crippen molar-refractivity contribution >= 4 is 28.4 Å². The molecule has 6 heteroatoms. The molecule has 31 heavy (non-hydrogen) atoms. The first-order valence-electron chi connectivity index (χ1n) is 10.9. The van der Waals surface area contributed by atoms with E-state index in [1.807, 2.05) is 29.3 Å². The number of hydrogen-bond acceptors (Lipinski definition) is 2. The fraction of sp³-hybridized carbons (Fsp3) is 0.360. The van der Waals surface area contributed by atoms with Crippen molar-refractivity contribution in [1.82, 2.24) is 9.88 Å². The van der Waals surface area contributed by atoms with Gasteiger partial charge < -0.3 is 15.2 Å². The summed E-state index contributed by atoms with van der Waals surface area (Å²) < 4.78 is 13.3. The molecule has 2 N–H and O–H groups in total. The van der Waals surface area contributed by atoms with Gasteiger partial charge in [0.05, 0.1) is 0 Å². The van der Waals surface area contributed by atoms with Gasteiger partial charge in [-0.3, -0.25) is 9.59 Å². The van der Waals surface area contributed by atoms with Crippen LogP contribution < -0.4 is 5.32 Å².